The molecular formula is C78H48N8O. The molecule has 0 saturated heterocycles. The second-order valence-electron chi connectivity index (χ2n) is 21.8. The van der Waals surface area contributed by atoms with E-state index in [0.717, 1.165) is 133 Å². The molecule has 87 heavy (non-hydrogen) atoms. The predicted molar refractivity (Wildman–Crippen MR) is 353 cm³/mol. The molecule has 0 amide bonds. The maximum absolute atomic E-state index is 6.65. The van der Waals surface area contributed by atoms with E-state index in [1.165, 1.54) is 0 Å². The van der Waals surface area contributed by atoms with Crippen molar-refractivity contribution >= 4 is 65.6 Å². The van der Waals surface area contributed by atoms with Gasteiger partial charge in [0.1, 0.15) is 11.2 Å². The van der Waals surface area contributed by atoms with E-state index < -0.39 is 0 Å². The molecule has 0 unspecified atom stereocenters. The van der Waals surface area contributed by atoms with Crippen LogP contribution >= 0.6 is 0 Å². The van der Waals surface area contributed by atoms with Crippen molar-refractivity contribution in [3.8, 4) is 102 Å². The van der Waals surface area contributed by atoms with Crippen LogP contribution in [0, 0.1) is 0 Å². The van der Waals surface area contributed by atoms with Gasteiger partial charge >= 0.3 is 0 Å². The molecular weight excluding hydrogens is 1060 g/mol. The zero-order valence-corrected chi connectivity index (χ0v) is 46.7. The minimum Gasteiger partial charge on any atom is -0.456 e. The smallest absolute Gasteiger partial charge is 0.164 e. The van der Waals surface area contributed by atoms with Gasteiger partial charge < -0.3 is 13.6 Å². The number of nitrogens with zero attached hydrogens (tertiary/aromatic N) is 8. The molecule has 0 spiro atoms. The number of rotatable bonds is 10. The van der Waals surface area contributed by atoms with Gasteiger partial charge in [-0.15, -0.1) is 0 Å². The monoisotopic (exact) mass is 1110 g/mol. The highest BCUT2D eigenvalue weighted by Gasteiger charge is 2.24. The largest absolute Gasteiger partial charge is 0.456 e. The fraction of sp³-hybridized carbons (Fsp3) is 0. The molecule has 0 bridgehead atoms. The third-order valence-corrected chi connectivity index (χ3v) is 16.6. The predicted octanol–water partition coefficient (Wildman–Crippen LogP) is 19.5. The molecule has 5 heterocycles. The van der Waals surface area contributed by atoms with Crippen LogP contribution in [-0.2, 0) is 0 Å². The first-order valence-corrected chi connectivity index (χ1v) is 29.1. The van der Waals surface area contributed by atoms with E-state index in [4.69, 9.17) is 34.3 Å². The third kappa shape index (κ3) is 8.55. The zero-order chi connectivity index (χ0) is 57.4. The Labute approximate surface area is 499 Å². The fourth-order valence-corrected chi connectivity index (χ4v) is 12.6. The van der Waals surface area contributed by atoms with Crippen LogP contribution in [0.3, 0.4) is 0 Å². The third-order valence-electron chi connectivity index (χ3n) is 16.6. The SMILES string of the molecule is c1ccc(-c2nc(-c3ccccc3)nc(-c3cccc4c3c3cc(-c5ccc6oc7ccc(-c8ccc9c(c8)c8c(-c%10nc(-c%11ccccc%11)nc(-c%11ccccc%11)n%10)cccc8n9-c8ccccc8)cc7c6c5)ccc3n4-c3ccccc3)n2)cc1. The molecule has 0 fully saturated rings. The number of benzene rings is 12. The van der Waals surface area contributed by atoms with E-state index in [2.05, 4.69) is 179 Å². The average Bonchev–Trinajstić information content (AvgIpc) is 2.27. The number of furan rings is 1. The first-order valence-electron chi connectivity index (χ1n) is 29.1. The second-order valence-corrected chi connectivity index (χ2v) is 21.8. The molecule has 0 aliphatic carbocycles. The quantitative estimate of drug-likeness (QED) is 0.134. The van der Waals surface area contributed by atoms with Gasteiger partial charge in [-0.3, -0.25) is 0 Å². The maximum Gasteiger partial charge on any atom is 0.164 e. The molecule has 9 nitrogen and oxygen atoms in total. The molecule has 17 aromatic rings. The first kappa shape index (κ1) is 49.7. The maximum atomic E-state index is 6.65. The normalized spacial score (nSPS) is 11.7. The summed E-state index contributed by atoms with van der Waals surface area (Å²) in [5.74, 6) is 3.67. The molecule has 406 valence electrons. The molecule has 0 aliphatic rings. The van der Waals surface area contributed by atoms with Crippen molar-refractivity contribution in [1.29, 1.82) is 0 Å². The van der Waals surface area contributed by atoms with Gasteiger partial charge in [-0.05, 0) is 107 Å². The van der Waals surface area contributed by atoms with E-state index >= 15 is 0 Å². The van der Waals surface area contributed by atoms with E-state index in [0.29, 0.717) is 34.9 Å². The van der Waals surface area contributed by atoms with E-state index in [1.807, 2.05) is 121 Å². The van der Waals surface area contributed by atoms with Gasteiger partial charge in [0.15, 0.2) is 34.9 Å². The zero-order valence-electron chi connectivity index (χ0n) is 46.7. The first-order chi connectivity index (χ1) is 43.1. The Morgan fingerprint density at radius 1 is 0.218 bits per heavy atom. The van der Waals surface area contributed by atoms with Crippen LogP contribution in [-0.4, -0.2) is 39.0 Å². The summed E-state index contributed by atoms with van der Waals surface area (Å²) in [5, 5.41) is 6.35. The van der Waals surface area contributed by atoms with Crippen LogP contribution in [0.4, 0.5) is 0 Å². The molecule has 17 rings (SSSR count). The molecule has 0 N–H and O–H groups in total. The van der Waals surface area contributed by atoms with Crippen molar-refractivity contribution in [3.63, 3.8) is 0 Å². The standard InChI is InChI=1S/C78H48N8O/c1-7-21-49(22-8-1)73-79-74(50-23-9-2-10-24-50)82-77(81-73)59-33-19-35-67-71(59)63-47-53(37-41-65(63)85(67)57-29-15-5-16-30-57)55-39-43-69-61(45-55)62-46-56(40-44-70(62)87-69)54-38-42-66-64(48-54)72-60(34-20-36-68(72)86(66)58-31-17-6-18-32-58)78-83-75(51-25-11-3-12-26-51)80-76(84-78)52-27-13-4-14-28-52/h1-48H. The number of hydrogen-bond donors (Lipinski definition) is 0. The van der Waals surface area contributed by atoms with Crippen molar-refractivity contribution in [2.45, 2.75) is 0 Å². The van der Waals surface area contributed by atoms with E-state index in [-0.39, 0.29) is 0 Å². The van der Waals surface area contributed by atoms with Crippen molar-refractivity contribution in [2.24, 2.45) is 0 Å². The molecule has 9 heteroatoms. The highest BCUT2D eigenvalue weighted by atomic mass is 16.3. The summed E-state index contributed by atoms with van der Waals surface area (Å²) in [6.07, 6.45) is 0. The van der Waals surface area contributed by atoms with Gasteiger partial charge in [-0.2, -0.15) is 0 Å². The number of aromatic nitrogens is 8. The van der Waals surface area contributed by atoms with E-state index in [1.54, 1.807) is 0 Å². The van der Waals surface area contributed by atoms with Gasteiger partial charge in [0, 0.05) is 77.1 Å². The molecule has 0 atom stereocenters. The Hall–Kier alpha value is -11.9. The summed E-state index contributed by atoms with van der Waals surface area (Å²) in [4.78, 5) is 31.0. The van der Waals surface area contributed by atoms with Gasteiger partial charge in [0.05, 0.1) is 22.1 Å². The Morgan fingerprint density at radius 2 is 0.517 bits per heavy atom. The lowest BCUT2D eigenvalue weighted by atomic mass is 9.97. The van der Waals surface area contributed by atoms with Gasteiger partial charge in [-0.1, -0.05) is 206 Å². The number of fused-ring (bicyclic) bond motifs is 9. The summed E-state index contributed by atoms with van der Waals surface area (Å²) < 4.78 is 11.3. The van der Waals surface area contributed by atoms with Crippen molar-refractivity contribution < 1.29 is 4.42 Å². The average molecular weight is 1110 g/mol. The van der Waals surface area contributed by atoms with Gasteiger partial charge in [-0.25, -0.2) is 29.9 Å². The number of hydrogen-bond acceptors (Lipinski definition) is 7. The van der Waals surface area contributed by atoms with Crippen LogP contribution in [0.25, 0.3) is 168 Å². The van der Waals surface area contributed by atoms with Crippen molar-refractivity contribution in [3.05, 3.63) is 291 Å². The lowest BCUT2D eigenvalue weighted by molar-refractivity contribution is 0.669. The minimum absolute atomic E-state index is 0.604. The lowest BCUT2D eigenvalue weighted by Crippen LogP contribution is -2.00. The highest BCUT2D eigenvalue weighted by molar-refractivity contribution is 6.18. The van der Waals surface area contributed by atoms with Crippen molar-refractivity contribution in [1.82, 2.24) is 39.0 Å². The highest BCUT2D eigenvalue weighted by Crippen LogP contribution is 2.44. The topological polar surface area (TPSA) is 100 Å². The molecule has 0 saturated carbocycles. The van der Waals surface area contributed by atoms with Gasteiger partial charge in [0.25, 0.3) is 0 Å². The second kappa shape index (κ2) is 20.4. The van der Waals surface area contributed by atoms with Crippen LogP contribution in [0.1, 0.15) is 0 Å². The molecule has 0 radical (unpaired) electrons. The fourth-order valence-electron chi connectivity index (χ4n) is 12.6. The lowest BCUT2D eigenvalue weighted by Gasteiger charge is -2.10. The van der Waals surface area contributed by atoms with Crippen LogP contribution in [0.15, 0.2) is 296 Å². The molecule has 5 aromatic heterocycles. The van der Waals surface area contributed by atoms with Crippen LogP contribution < -0.4 is 0 Å². The van der Waals surface area contributed by atoms with E-state index in [9.17, 15) is 0 Å². The molecule has 0 aliphatic heterocycles. The summed E-state index contributed by atoms with van der Waals surface area (Å²) in [7, 11) is 0. The Balaban J connectivity index is 0.819. The Bertz CT molecular complexity index is 5030. The van der Waals surface area contributed by atoms with Crippen molar-refractivity contribution in [2.75, 3.05) is 0 Å². The van der Waals surface area contributed by atoms with Gasteiger partial charge in [0.2, 0.25) is 0 Å². The Kier molecular flexibility index (Phi) is 11.7. The minimum atomic E-state index is 0.604. The van der Waals surface area contributed by atoms with Crippen LogP contribution in [0.5, 0.6) is 0 Å². The molecule has 12 aromatic carbocycles. The summed E-state index contributed by atoms with van der Waals surface area (Å²) in [6.45, 7) is 0. The summed E-state index contributed by atoms with van der Waals surface area (Å²) in [6, 6.07) is 101. The number of para-hydroxylation sites is 2. The summed E-state index contributed by atoms with van der Waals surface area (Å²) >= 11 is 0. The Morgan fingerprint density at radius 3 is 0.862 bits per heavy atom. The summed E-state index contributed by atoms with van der Waals surface area (Å²) in [5.41, 5.74) is 17.8. The van der Waals surface area contributed by atoms with Crippen LogP contribution in [0.2, 0.25) is 0 Å².